The highest BCUT2D eigenvalue weighted by Gasteiger charge is 2.13. The summed E-state index contributed by atoms with van der Waals surface area (Å²) in [5.41, 5.74) is 1.53. The fourth-order valence-corrected chi connectivity index (χ4v) is 3.18. The molecule has 0 saturated heterocycles. The van der Waals surface area contributed by atoms with Crippen molar-refractivity contribution in [3.8, 4) is 22.1 Å². The Kier molecular flexibility index (Phi) is 5.23. The number of aldehydes is 1. The second kappa shape index (κ2) is 7.75. The number of methoxy groups -OCH3 is 1. The Labute approximate surface area is 153 Å². The van der Waals surface area contributed by atoms with Crippen LogP contribution < -0.4 is 9.47 Å². The lowest BCUT2D eigenvalue weighted by Crippen LogP contribution is -2.00. The van der Waals surface area contributed by atoms with Crippen LogP contribution in [-0.2, 0) is 6.61 Å². The van der Waals surface area contributed by atoms with Gasteiger partial charge in [-0.1, -0.05) is 12.1 Å². The monoisotopic (exact) mass is 370 g/mol. The van der Waals surface area contributed by atoms with Crippen molar-refractivity contribution in [3.05, 3.63) is 69.2 Å². The summed E-state index contributed by atoms with van der Waals surface area (Å²) in [6, 6.07) is 11.5. The van der Waals surface area contributed by atoms with Crippen LogP contribution in [0.15, 0.2) is 47.8 Å². The lowest BCUT2D eigenvalue weighted by Gasteiger charge is -2.07. The second-order valence-electron chi connectivity index (χ2n) is 5.23. The normalized spacial score (nSPS) is 10.3. The quantitative estimate of drug-likeness (QED) is 0.353. The molecule has 2 aromatic carbocycles. The van der Waals surface area contributed by atoms with Gasteiger partial charge in [-0.3, -0.25) is 14.9 Å². The fraction of sp³-hybridized carbons (Fsp3) is 0.111. The van der Waals surface area contributed by atoms with Crippen molar-refractivity contribution in [2.24, 2.45) is 0 Å². The number of nitro benzene ring substituents is 1. The third-order valence-electron chi connectivity index (χ3n) is 3.60. The molecule has 0 fully saturated rings. The number of nitro groups is 1. The maximum atomic E-state index is 11.1. The summed E-state index contributed by atoms with van der Waals surface area (Å²) < 4.78 is 11.0. The van der Waals surface area contributed by atoms with Crippen molar-refractivity contribution in [1.82, 2.24) is 4.98 Å². The van der Waals surface area contributed by atoms with Gasteiger partial charge in [-0.05, 0) is 18.2 Å². The lowest BCUT2D eigenvalue weighted by molar-refractivity contribution is -0.384. The molecule has 0 aliphatic rings. The van der Waals surface area contributed by atoms with Crippen LogP contribution in [-0.4, -0.2) is 23.3 Å². The lowest BCUT2D eigenvalue weighted by atomic mass is 10.2. The van der Waals surface area contributed by atoms with E-state index in [0.717, 1.165) is 16.3 Å². The van der Waals surface area contributed by atoms with E-state index in [4.69, 9.17) is 9.47 Å². The minimum Gasteiger partial charge on any atom is -0.496 e. The maximum Gasteiger partial charge on any atom is 0.270 e. The third kappa shape index (κ3) is 3.70. The Morgan fingerprint density at radius 2 is 2.04 bits per heavy atom. The number of thiazole rings is 1. The Bertz CT molecular complexity index is 954. The van der Waals surface area contributed by atoms with Crippen LogP contribution in [0.1, 0.15) is 16.1 Å². The molecule has 0 saturated carbocycles. The minimum atomic E-state index is -0.559. The number of rotatable bonds is 7. The number of para-hydroxylation sites is 1. The molecular weight excluding hydrogens is 356 g/mol. The molecule has 0 unspecified atom stereocenters. The van der Waals surface area contributed by atoms with Gasteiger partial charge in [0.1, 0.15) is 23.1 Å². The first-order chi connectivity index (χ1) is 12.6. The van der Waals surface area contributed by atoms with Gasteiger partial charge in [0, 0.05) is 17.5 Å². The summed E-state index contributed by atoms with van der Waals surface area (Å²) in [5.74, 6) is 1.00. The summed E-state index contributed by atoms with van der Waals surface area (Å²) in [6.07, 6.45) is 0.531. The van der Waals surface area contributed by atoms with E-state index in [0.29, 0.717) is 12.0 Å². The summed E-state index contributed by atoms with van der Waals surface area (Å²) >= 11 is 1.45. The van der Waals surface area contributed by atoms with Crippen molar-refractivity contribution in [2.75, 3.05) is 7.11 Å². The van der Waals surface area contributed by atoms with Crippen molar-refractivity contribution >= 4 is 23.3 Å². The Morgan fingerprint density at radius 3 is 2.77 bits per heavy atom. The number of nitrogens with zero attached hydrogens (tertiary/aromatic N) is 2. The van der Waals surface area contributed by atoms with Gasteiger partial charge in [0.25, 0.3) is 5.69 Å². The van der Waals surface area contributed by atoms with Crippen molar-refractivity contribution in [2.45, 2.75) is 6.61 Å². The smallest absolute Gasteiger partial charge is 0.270 e. The predicted molar refractivity (Wildman–Crippen MR) is 96.9 cm³/mol. The standard InChI is InChI=1S/C18H14N2O5S/c1-24-17-5-3-2-4-15(17)18-19-13(11-26-18)10-25-16-7-6-14(20(22)23)8-12(16)9-21/h2-9,11H,10H2,1H3. The molecule has 1 aromatic heterocycles. The molecule has 7 nitrogen and oxygen atoms in total. The molecule has 0 N–H and O–H groups in total. The molecule has 0 aliphatic carbocycles. The summed E-state index contributed by atoms with van der Waals surface area (Å²) in [4.78, 5) is 25.9. The topological polar surface area (TPSA) is 91.6 Å². The zero-order valence-corrected chi connectivity index (χ0v) is 14.6. The van der Waals surface area contributed by atoms with Crippen molar-refractivity contribution in [1.29, 1.82) is 0 Å². The molecule has 1 heterocycles. The van der Waals surface area contributed by atoms with E-state index in [1.165, 1.54) is 29.5 Å². The van der Waals surface area contributed by atoms with E-state index < -0.39 is 4.92 Å². The average molecular weight is 370 g/mol. The van der Waals surface area contributed by atoms with Crippen LogP contribution in [0.2, 0.25) is 0 Å². The number of aromatic nitrogens is 1. The Hall–Kier alpha value is -3.26. The van der Waals surface area contributed by atoms with Gasteiger partial charge in [-0.15, -0.1) is 11.3 Å². The molecule has 26 heavy (non-hydrogen) atoms. The molecule has 132 valence electrons. The zero-order valence-electron chi connectivity index (χ0n) is 13.7. The fourth-order valence-electron chi connectivity index (χ4n) is 2.34. The number of non-ortho nitro benzene ring substituents is 1. The number of carbonyl (C=O) groups excluding carboxylic acids is 1. The van der Waals surface area contributed by atoms with Crippen molar-refractivity contribution < 1.29 is 19.2 Å². The van der Waals surface area contributed by atoms with E-state index in [1.807, 2.05) is 29.6 Å². The summed E-state index contributed by atoms with van der Waals surface area (Å²) in [6.45, 7) is 0.143. The predicted octanol–water partition coefficient (Wildman–Crippen LogP) is 4.12. The van der Waals surface area contributed by atoms with Gasteiger partial charge >= 0.3 is 0 Å². The van der Waals surface area contributed by atoms with E-state index in [1.54, 1.807) is 7.11 Å². The van der Waals surface area contributed by atoms with Gasteiger partial charge < -0.3 is 9.47 Å². The largest absolute Gasteiger partial charge is 0.496 e. The Balaban J connectivity index is 1.76. The minimum absolute atomic E-state index is 0.124. The second-order valence-corrected chi connectivity index (χ2v) is 6.09. The maximum absolute atomic E-state index is 11.1. The highest BCUT2D eigenvalue weighted by Crippen LogP contribution is 2.32. The number of benzene rings is 2. The molecule has 3 rings (SSSR count). The summed E-state index contributed by atoms with van der Waals surface area (Å²) in [7, 11) is 1.60. The van der Waals surface area contributed by atoms with Crippen LogP contribution in [0.3, 0.4) is 0 Å². The molecule has 0 bridgehead atoms. The molecule has 0 amide bonds. The number of carbonyl (C=O) groups is 1. The number of ether oxygens (including phenoxy) is 2. The first-order valence-electron chi connectivity index (χ1n) is 7.56. The van der Waals surface area contributed by atoms with Gasteiger partial charge in [0.2, 0.25) is 0 Å². The van der Waals surface area contributed by atoms with E-state index >= 15 is 0 Å². The SMILES string of the molecule is COc1ccccc1-c1nc(COc2ccc([N+](=O)[O-])cc2C=O)cs1. The van der Waals surface area contributed by atoms with E-state index in [-0.39, 0.29) is 23.6 Å². The van der Waals surface area contributed by atoms with E-state index in [9.17, 15) is 14.9 Å². The first-order valence-corrected chi connectivity index (χ1v) is 8.44. The van der Waals surface area contributed by atoms with Gasteiger partial charge in [-0.25, -0.2) is 4.98 Å². The average Bonchev–Trinajstić information content (AvgIpc) is 3.14. The molecular formula is C18H14N2O5S. The summed E-state index contributed by atoms with van der Waals surface area (Å²) in [5, 5.41) is 13.4. The highest BCUT2D eigenvalue weighted by atomic mass is 32.1. The van der Waals surface area contributed by atoms with Gasteiger partial charge in [-0.2, -0.15) is 0 Å². The molecule has 0 aliphatic heterocycles. The van der Waals surface area contributed by atoms with Crippen molar-refractivity contribution in [3.63, 3.8) is 0 Å². The zero-order chi connectivity index (χ0) is 18.5. The van der Waals surface area contributed by atoms with E-state index in [2.05, 4.69) is 4.98 Å². The molecule has 3 aromatic rings. The third-order valence-corrected chi connectivity index (χ3v) is 4.52. The van der Waals surface area contributed by atoms with Crippen LogP contribution in [0.25, 0.3) is 10.6 Å². The molecule has 0 radical (unpaired) electrons. The highest BCUT2D eigenvalue weighted by molar-refractivity contribution is 7.13. The number of hydrogen-bond acceptors (Lipinski definition) is 7. The Morgan fingerprint density at radius 1 is 1.23 bits per heavy atom. The van der Waals surface area contributed by atoms with Crippen LogP contribution in [0.5, 0.6) is 11.5 Å². The van der Waals surface area contributed by atoms with Gasteiger partial charge in [0.15, 0.2) is 6.29 Å². The molecule has 0 atom stereocenters. The van der Waals surface area contributed by atoms with Crippen LogP contribution in [0, 0.1) is 10.1 Å². The van der Waals surface area contributed by atoms with Crippen LogP contribution >= 0.6 is 11.3 Å². The molecule has 8 heteroatoms. The molecule has 0 spiro atoms. The first kappa shape index (κ1) is 17.6. The van der Waals surface area contributed by atoms with Crippen LogP contribution in [0.4, 0.5) is 5.69 Å². The number of hydrogen-bond donors (Lipinski definition) is 0. The van der Waals surface area contributed by atoms with Gasteiger partial charge in [0.05, 0.1) is 28.9 Å².